The first kappa shape index (κ1) is 7.06. The highest BCUT2D eigenvalue weighted by Gasteiger charge is 2.19. The van der Waals surface area contributed by atoms with Gasteiger partial charge in [-0.05, 0) is 25.5 Å². The van der Waals surface area contributed by atoms with Crippen LogP contribution in [0.4, 0.5) is 0 Å². The Morgan fingerprint density at radius 3 is 2.60 bits per heavy atom. The smallest absolute Gasteiger partial charge is 0.231 e. The molecule has 0 aromatic heterocycles. The average Bonchev–Trinajstić information content (AvgIpc) is 2.13. The molecule has 0 saturated carbocycles. The molecular weight excluding hydrogens is 126 g/mol. The summed E-state index contributed by atoms with van der Waals surface area (Å²) < 4.78 is 0. The van der Waals surface area contributed by atoms with Gasteiger partial charge in [0.25, 0.3) is 0 Å². The van der Waals surface area contributed by atoms with Crippen LogP contribution in [0, 0.1) is 5.92 Å². The summed E-state index contributed by atoms with van der Waals surface area (Å²) in [6.07, 6.45) is 1.89. The van der Waals surface area contributed by atoms with Gasteiger partial charge in [0, 0.05) is 5.70 Å². The maximum atomic E-state index is 10.9. The number of allylic oxidation sites excluding steroid dienone is 1. The van der Waals surface area contributed by atoms with Crippen LogP contribution in [0.3, 0.4) is 0 Å². The van der Waals surface area contributed by atoms with E-state index < -0.39 is 0 Å². The summed E-state index contributed by atoms with van der Waals surface area (Å²) in [4.78, 5) is 10.9. The minimum Gasteiger partial charge on any atom is -0.326 e. The van der Waals surface area contributed by atoms with Crippen LogP contribution in [0.2, 0.25) is 0 Å². The SMILES string of the molecule is C=C(C)C1=CC(C)C(=O)N1. The zero-order valence-corrected chi connectivity index (χ0v) is 6.27. The van der Waals surface area contributed by atoms with Crippen molar-refractivity contribution in [2.75, 3.05) is 0 Å². The molecule has 0 saturated heterocycles. The van der Waals surface area contributed by atoms with Crippen molar-refractivity contribution in [1.82, 2.24) is 5.32 Å². The second-order valence-electron chi connectivity index (χ2n) is 2.64. The average molecular weight is 137 g/mol. The minimum atomic E-state index is 0.00620. The van der Waals surface area contributed by atoms with E-state index in [1.165, 1.54) is 0 Å². The lowest BCUT2D eigenvalue weighted by Crippen LogP contribution is -2.19. The highest BCUT2D eigenvalue weighted by molar-refractivity contribution is 5.85. The van der Waals surface area contributed by atoms with Crippen molar-refractivity contribution in [3.05, 3.63) is 23.9 Å². The molecular formula is C8H11NO. The fraction of sp³-hybridized carbons (Fsp3) is 0.375. The highest BCUT2D eigenvalue weighted by atomic mass is 16.2. The van der Waals surface area contributed by atoms with Crippen molar-refractivity contribution in [2.24, 2.45) is 5.92 Å². The molecule has 1 amide bonds. The lowest BCUT2D eigenvalue weighted by Gasteiger charge is -1.98. The van der Waals surface area contributed by atoms with Crippen LogP contribution in [-0.4, -0.2) is 5.91 Å². The minimum absolute atomic E-state index is 0.00620. The molecule has 1 N–H and O–H groups in total. The Hall–Kier alpha value is -1.05. The van der Waals surface area contributed by atoms with Gasteiger partial charge in [0.2, 0.25) is 5.91 Å². The molecule has 1 rings (SSSR count). The molecule has 1 aliphatic rings. The quantitative estimate of drug-likeness (QED) is 0.578. The van der Waals surface area contributed by atoms with E-state index >= 15 is 0 Å². The van der Waals surface area contributed by atoms with Gasteiger partial charge in [0.05, 0.1) is 5.92 Å². The van der Waals surface area contributed by atoms with Gasteiger partial charge in [-0.15, -0.1) is 0 Å². The first-order chi connectivity index (χ1) is 4.61. The van der Waals surface area contributed by atoms with Crippen LogP contribution in [0.15, 0.2) is 23.9 Å². The number of hydrogen-bond donors (Lipinski definition) is 1. The highest BCUT2D eigenvalue weighted by Crippen LogP contribution is 2.14. The monoisotopic (exact) mass is 137 g/mol. The van der Waals surface area contributed by atoms with Gasteiger partial charge in [-0.1, -0.05) is 6.58 Å². The molecule has 0 aliphatic carbocycles. The maximum Gasteiger partial charge on any atom is 0.231 e. The van der Waals surface area contributed by atoms with E-state index in [0.29, 0.717) is 0 Å². The van der Waals surface area contributed by atoms with E-state index in [9.17, 15) is 4.79 Å². The topological polar surface area (TPSA) is 29.1 Å². The Morgan fingerprint density at radius 2 is 2.40 bits per heavy atom. The van der Waals surface area contributed by atoms with Gasteiger partial charge in [-0.25, -0.2) is 0 Å². The molecule has 0 fully saturated rings. The van der Waals surface area contributed by atoms with Gasteiger partial charge in [-0.2, -0.15) is 0 Å². The number of rotatable bonds is 1. The Labute approximate surface area is 60.6 Å². The molecule has 1 atom stereocenters. The third-order valence-electron chi connectivity index (χ3n) is 1.55. The molecule has 2 heteroatoms. The fourth-order valence-electron chi connectivity index (χ4n) is 0.863. The van der Waals surface area contributed by atoms with Crippen LogP contribution in [-0.2, 0) is 4.79 Å². The summed E-state index contributed by atoms with van der Waals surface area (Å²) in [6, 6.07) is 0. The van der Waals surface area contributed by atoms with E-state index in [2.05, 4.69) is 11.9 Å². The third-order valence-corrected chi connectivity index (χ3v) is 1.55. The lowest BCUT2D eigenvalue weighted by molar-refractivity contribution is -0.121. The van der Waals surface area contributed by atoms with Crippen LogP contribution in [0.1, 0.15) is 13.8 Å². The molecule has 0 spiro atoms. The predicted octanol–water partition coefficient (Wildman–Crippen LogP) is 1.21. The molecule has 1 unspecified atom stereocenters. The fourth-order valence-corrected chi connectivity index (χ4v) is 0.863. The van der Waals surface area contributed by atoms with Crippen molar-refractivity contribution in [2.45, 2.75) is 13.8 Å². The van der Waals surface area contributed by atoms with Gasteiger partial charge in [0.1, 0.15) is 0 Å². The third kappa shape index (κ3) is 1.10. The van der Waals surface area contributed by atoms with Gasteiger partial charge < -0.3 is 5.32 Å². The standard InChI is InChI=1S/C8H11NO/c1-5(2)7-4-6(3)8(10)9-7/h4,6H,1H2,2-3H3,(H,9,10). The molecule has 1 heterocycles. The molecule has 0 radical (unpaired) electrons. The number of nitrogens with one attached hydrogen (secondary N) is 1. The Balaban J connectivity index is 2.77. The van der Waals surface area contributed by atoms with Gasteiger partial charge >= 0.3 is 0 Å². The molecule has 10 heavy (non-hydrogen) atoms. The molecule has 1 aliphatic heterocycles. The zero-order valence-electron chi connectivity index (χ0n) is 6.27. The number of carbonyl (C=O) groups excluding carboxylic acids is 1. The van der Waals surface area contributed by atoms with Crippen molar-refractivity contribution in [1.29, 1.82) is 0 Å². The molecule has 0 aromatic carbocycles. The van der Waals surface area contributed by atoms with E-state index in [4.69, 9.17) is 0 Å². The van der Waals surface area contributed by atoms with Crippen molar-refractivity contribution < 1.29 is 4.79 Å². The maximum absolute atomic E-state index is 10.9. The second-order valence-corrected chi connectivity index (χ2v) is 2.64. The summed E-state index contributed by atoms with van der Waals surface area (Å²) in [7, 11) is 0. The van der Waals surface area contributed by atoms with E-state index in [-0.39, 0.29) is 11.8 Å². The van der Waals surface area contributed by atoms with Crippen LogP contribution in [0.5, 0.6) is 0 Å². The Bertz CT molecular complexity index is 215. The van der Waals surface area contributed by atoms with E-state index in [0.717, 1.165) is 11.3 Å². The number of hydrogen-bond acceptors (Lipinski definition) is 1. The first-order valence-corrected chi connectivity index (χ1v) is 3.30. The summed E-state index contributed by atoms with van der Waals surface area (Å²) in [5.41, 5.74) is 1.79. The molecule has 2 nitrogen and oxygen atoms in total. The van der Waals surface area contributed by atoms with E-state index in [1.807, 2.05) is 19.9 Å². The van der Waals surface area contributed by atoms with Gasteiger partial charge in [-0.3, -0.25) is 4.79 Å². The van der Waals surface area contributed by atoms with Crippen LogP contribution in [0.25, 0.3) is 0 Å². The Morgan fingerprint density at radius 1 is 1.80 bits per heavy atom. The zero-order chi connectivity index (χ0) is 7.72. The largest absolute Gasteiger partial charge is 0.326 e. The number of carbonyl (C=O) groups is 1. The van der Waals surface area contributed by atoms with Crippen LogP contribution < -0.4 is 5.32 Å². The van der Waals surface area contributed by atoms with E-state index in [1.54, 1.807) is 0 Å². The Kier molecular flexibility index (Phi) is 1.62. The number of amides is 1. The van der Waals surface area contributed by atoms with Crippen molar-refractivity contribution in [3.63, 3.8) is 0 Å². The van der Waals surface area contributed by atoms with Crippen molar-refractivity contribution in [3.8, 4) is 0 Å². The van der Waals surface area contributed by atoms with Crippen LogP contribution >= 0.6 is 0 Å². The summed E-state index contributed by atoms with van der Waals surface area (Å²) in [5, 5.41) is 2.73. The summed E-state index contributed by atoms with van der Waals surface area (Å²) in [6.45, 7) is 7.47. The normalized spacial score (nSPS) is 24.0. The van der Waals surface area contributed by atoms with Gasteiger partial charge in [0.15, 0.2) is 0 Å². The summed E-state index contributed by atoms with van der Waals surface area (Å²) >= 11 is 0. The molecule has 0 bridgehead atoms. The lowest BCUT2D eigenvalue weighted by atomic mass is 10.2. The predicted molar refractivity (Wildman–Crippen MR) is 40.2 cm³/mol. The first-order valence-electron chi connectivity index (χ1n) is 3.30. The second kappa shape index (κ2) is 2.29. The molecule has 0 aromatic rings. The van der Waals surface area contributed by atoms with Crippen molar-refractivity contribution >= 4 is 5.91 Å². The molecule has 54 valence electrons. The summed E-state index contributed by atoms with van der Waals surface area (Å²) in [5.74, 6) is 0.0738.